The van der Waals surface area contributed by atoms with Gasteiger partial charge in [-0.15, -0.1) is 0 Å². The van der Waals surface area contributed by atoms with E-state index in [1.165, 1.54) is 0 Å². The predicted octanol–water partition coefficient (Wildman–Crippen LogP) is 1.26. The molecule has 0 aliphatic carbocycles. The number of hydrogen-bond acceptors (Lipinski definition) is 6. The first kappa shape index (κ1) is 11.5. The van der Waals surface area contributed by atoms with Crippen molar-refractivity contribution >= 4 is 28.6 Å². The molecule has 98 valence electrons. The fourth-order valence-corrected chi connectivity index (χ4v) is 1.77. The summed E-state index contributed by atoms with van der Waals surface area (Å²) in [4.78, 5) is 8.75. The molecule has 0 radical (unpaired) electrons. The smallest absolute Gasteiger partial charge is 0.226 e. The van der Waals surface area contributed by atoms with E-state index >= 15 is 0 Å². The van der Waals surface area contributed by atoms with E-state index in [9.17, 15) is 0 Å². The minimum Gasteiger partial charge on any atom is -0.354 e. The molecule has 0 unspecified atom stereocenters. The highest BCUT2D eigenvalue weighted by molar-refractivity contribution is 5.88. The van der Waals surface area contributed by atoms with Gasteiger partial charge in [0.25, 0.3) is 0 Å². The van der Waals surface area contributed by atoms with E-state index in [-0.39, 0.29) is 0 Å². The van der Waals surface area contributed by atoms with E-state index in [4.69, 9.17) is 0 Å². The number of anilines is 3. The van der Waals surface area contributed by atoms with E-state index in [2.05, 4.69) is 35.9 Å². The van der Waals surface area contributed by atoms with E-state index < -0.39 is 0 Å². The van der Waals surface area contributed by atoms with Crippen LogP contribution in [0.1, 0.15) is 6.92 Å². The summed E-state index contributed by atoms with van der Waals surface area (Å²) >= 11 is 0. The fraction of sp³-hybridized carbons (Fsp3) is 0.273. The number of aromatic amines is 1. The summed E-state index contributed by atoms with van der Waals surface area (Å²) < 4.78 is 1.72. The molecule has 3 N–H and O–H groups in total. The molecule has 0 saturated carbocycles. The van der Waals surface area contributed by atoms with E-state index in [0.29, 0.717) is 17.4 Å². The molecule has 0 amide bonds. The Morgan fingerprint density at radius 3 is 3.00 bits per heavy atom. The van der Waals surface area contributed by atoms with Gasteiger partial charge in [-0.25, -0.2) is 0 Å². The zero-order chi connectivity index (χ0) is 13.2. The Balaban J connectivity index is 2.02. The molecule has 3 aromatic heterocycles. The van der Waals surface area contributed by atoms with Crippen molar-refractivity contribution in [1.29, 1.82) is 0 Å². The topological polar surface area (TPSA) is 96.3 Å². The Kier molecular flexibility index (Phi) is 2.75. The van der Waals surface area contributed by atoms with Gasteiger partial charge in [-0.05, 0) is 6.92 Å². The lowest BCUT2D eigenvalue weighted by Crippen LogP contribution is -2.05. The van der Waals surface area contributed by atoms with Crippen LogP contribution < -0.4 is 10.6 Å². The summed E-state index contributed by atoms with van der Waals surface area (Å²) in [6.07, 6.45) is 3.55. The number of hydrogen-bond donors (Lipinski definition) is 3. The summed E-state index contributed by atoms with van der Waals surface area (Å²) in [7, 11) is 1.86. The first-order valence-corrected chi connectivity index (χ1v) is 5.98. The van der Waals surface area contributed by atoms with Crippen LogP contribution in [0.5, 0.6) is 0 Å². The molecule has 0 aliphatic heterocycles. The summed E-state index contributed by atoms with van der Waals surface area (Å²) in [5, 5.41) is 18.2. The Bertz CT molecular complexity index is 698. The second-order valence-corrected chi connectivity index (χ2v) is 4.06. The normalized spacial score (nSPS) is 10.8. The second kappa shape index (κ2) is 4.56. The standard InChI is InChI=1S/C11H14N8/c1-3-12-11-15-9(7-6-13-17-10(7)16-11)14-8-4-5-19(2)18-8/h4-6H,3H2,1-2H3,(H3,12,13,14,15,16,17,18). The van der Waals surface area contributed by atoms with Crippen LogP contribution in [0.15, 0.2) is 18.5 Å². The second-order valence-electron chi connectivity index (χ2n) is 4.06. The Labute approximate surface area is 109 Å². The van der Waals surface area contributed by atoms with Crippen molar-refractivity contribution in [3.05, 3.63) is 18.5 Å². The summed E-state index contributed by atoms with van der Waals surface area (Å²) in [5.74, 6) is 1.96. The molecule has 8 heteroatoms. The lowest BCUT2D eigenvalue weighted by Gasteiger charge is -2.06. The van der Waals surface area contributed by atoms with Crippen molar-refractivity contribution in [2.45, 2.75) is 6.92 Å². The molecule has 3 heterocycles. The first-order valence-electron chi connectivity index (χ1n) is 5.98. The third-order valence-electron chi connectivity index (χ3n) is 2.60. The van der Waals surface area contributed by atoms with Crippen LogP contribution in [-0.2, 0) is 7.05 Å². The summed E-state index contributed by atoms with van der Waals surface area (Å²) in [6.45, 7) is 2.75. The van der Waals surface area contributed by atoms with Gasteiger partial charge in [0, 0.05) is 25.9 Å². The van der Waals surface area contributed by atoms with Gasteiger partial charge in [0.15, 0.2) is 11.5 Å². The molecule has 0 saturated heterocycles. The highest BCUT2D eigenvalue weighted by Crippen LogP contribution is 2.22. The number of aryl methyl sites for hydroxylation is 1. The van der Waals surface area contributed by atoms with Crippen LogP contribution in [-0.4, -0.2) is 36.5 Å². The molecule has 19 heavy (non-hydrogen) atoms. The van der Waals surface area contributed by atoms with Crippen molar-refractivity contribution in [3.8, 4) is 0 Å². The Morgan fingerprint density at radius 1 is 1.37 bits per heavy atom. The molecule has 0 aliphatic rings. The van der Waals surface area contributed by atoms with E-state index in [1.54, 1.807) is 10.9 Å². The van der Waals surface area contributed by atoms with Crippen molar-refractivity contribution in [1.82, 2.24) is 29.9 Å². The molecule has 0 bridgehead atoms. The molecule has 0 spiro atoms. The molecule has 8 nitrogen and oxygen atoms in total. The maximum Gasteiger partial charge on any atom is 0.226 e. The van der Waals surface area contributed by atoms with Crippen molar-refractivity contribution in [2.24, 2.45) is 7.05 Å². The highest BCUT2D eigenvalue weighted by atomic mass is 15.3. The quantitative estimate of drug-likeness (QED) is 0.652. The number of nitrogens with zero attached hydrogens (tertiary/aromatic N) is 5. The van der Waals surface area contributed by atoms with Crippen LogP contribution in [0, 0.1) is 0 Å². The molecule has 3 aromatic rings. The zero-order valence-corrected chi connectivity index (χ0v) is 10.7. The molecule has 0 fully saturated rings. The van der Waals surface area contributed by atoms with Gasteiger partial charge < -0.3 is 10.6 Å². The number of H-pyrrole nitrogens is 1. The van der Waals surface area contributed by atoms with Gasteiger partial charge in [0.2, 0.25) is 5.95 Å². The largest absolute Gasteiger partial charge is 0.354 e. The van der Waals surface area contributed by atoms with Crippen LogP contribution in [0.4, 0.5) is 17.6 Å². The maximum atomic E-state index is 4.42. The highest BCUT2D eigenvalue weighted by Gasteiger charge is 2.10. The average Bonchev–Trinajstić information content (AvgIpc) is 2.99. The van der Waals surface area contributed by atoms with Gasteiger partial charge in [-0.2, -0.15) is 20.2 Å². The summed E-state index contributed by atoms with van der Waals surface area (Å²) in [6, 6.07) is 1.88. The van der Waals surface area contributed by atoms with Crippen LogP contribution >= 0.6 is 0 Å². The van der Waals surface area contributed by atoms with Gasteiger partial charge in [-0.1, -0.05) is 0 Å². The number of rotatable bonds is 4. The lowest BCUT2D eigenvalue weighted by molar-refractivity contribution is 0.771. The molecule has 0 aromatic carbocycles. The molecular formula is C11H14N8. The van der Waals surface area contributed by atoms with Gasteiger partial charge in [-0.3, -0.25) is 9.78 Å². The average molecular weight is 258 g/mol. The van der Waals surface area contributed by atoms with Gasteiger partial charge in [0.1, 0.15) is 5.82 Å². The lowest BCUT2D eigenvalue weighted by atomic mass is 10.4. The molecular weight excluding hydrogens is 244 g/mol. The van der Waals surface area contributed by atoms with Gasteiger partial charge >= 0.3 is 0 Å². The summed E-state index contributed by atoms with van der Waals surface area (Å²) in [5.41, 5.74) is 0.685. The predicted molar refractivity (Wildman–Crippen MR) is 72.3 cm³/mol. The van der Waals surface area contributed by atoms with Crippen LogP contribution in [0.2, 0.25) is 0 Å². The first-order chi connectivity index (χ1) is 9.26. The third-order valence-corrected chi connectivity index (χ3v) is 2.60. The minimum absolute atomic E-state index is 0.553. The minimum atomic E-state index is 0.553. The Morgan fingerprint density at radius 2 is 2.26 bits per heavy atom. The van der Waals surface area contributed by atoms with Crippen LogP contribution in [0.25, 0.3) is 11.0 Å². The molecule has 0 atom stereocenters. The van der Waals surface area contributed by atoms with Crippen molar-refractivity contribution < 1.29 is 0 Å². The van der Waals surface area contributed by atoms with Crippen LogP contribution in [0.3, 0.4) is 0 Å². The number of fused-ring (bicyclic) bond motifs is 1. The Hall–Kier alpha value is -2.64. The zero-order valence-electron chi connectivity index (χ0n) is 10.7. The van der Waals surface area contributed by atoms with E-state index in [1.807, 2.05) is 26.2 Å². The SMILES string of the molecule is CCNc1nc(Nc2ccn(C)n2)c2cn[nH]c2n1. The van der Waals surface area contributed by atoms with Crippen molar-refractivity contribution in [3.63, 3.8) is 0 Å². The van der Waals surface area contributed by atoms with Crippen molar-refractivity contribution in [2.75, 3.05) is 17.2 Å². The number of nitrogens with one attached hydrogen (secondary N) is 3. The third kappa shape index (κ3) is 2.19. The fourth-order valence-electron chi connectivity index (χ4n) is 1.77. The molecule has 3 rings (SSSR count). The van der Waals surface area contributed by atoms with Gasteiger partial charge in [0.05, 0.1) is 11.6 Å². The monoisotopic (exact) mass is 258 g/mol. The van der Waals surface area contributed by atoms with E-state index in [0.717, 1.165) is 17.7 Å². The number of aromatic nitrogens is 6. The maximum absolute atomic E-state index is 4.42.